The summed E-state index contributed by atoms with van der Waals surface area (Å²) < 4.78 is 11.7. The van der Waals surface area contributed by atoms with Gasteiger partial charge in [-0.15, -0.1) is 10.2 Å². The monoisotopic (exact) mass is 415 g/mol. The fourth-order valence-electron chi connectivity index (χ4n) is 3.22. The first-order valence-corrected chi connectivity index (χ1v) is 10.6. The standard InChI is InChI=1S/C21H22ClN3O2S/c1-15-5-4-7-16(11-15)20-23-24-21(27-20)28-14-18-13-25(9-10-26-18)12-17-6-2-3-8-19(17)22/h2-8,11,18H,9-10,12-14H2,1H3/t18-/m0/s1. The Balaban J connectivity index is 1.32. The summed E-state index contributed by atoms with van der Waals surface area (Å²) in [5, 5.41) is 9.72. The molecule has 1 aliphatic heterocycles. The first kappa shape index (κ1) is 19.5. The van der Waals surface area contributed by atoms with Crippen molar-refractivity contribution in [3.63, 3.8) is 0 Å². The molecule has 3 aromatic rings. The van der Waals surface area contributed by atoms with E-state index in [1.165, 1.54) is 5.56 Å². The zero-order chi connectivity index (χ0) is 19.3. The average Bonchev–Trinajstić information content (AvgIpc) is 3.18. The minimum Gasteiger partial charge on any atom is -0.411 e. The number of morpholine rings is 1. The summed E-state index contributed by atoms with van der Waals surface area (Å²) in [4.78, 5) is 2.38. The van der Waals surface area contributed by atoms with E-state index in [2.05, 4.69) is 21.2 Å². The molecule has 28 heavy (non-hydrogen) atoms. The minimum absolute atomic E-state index is 0.121. The van der Waals surface area contributed by atoms with E-state index in [0.29, 0.717) is 17.7 Å². The van der Waals surface area contributed by atoms with Crippen molar-refractivity contribution in [1.29, 1.82) is 0 Å². The number of thioether (sulfide) groups is 1. The maximum atomic E-state index is 6.29. The molecule has 2 aromatic carbocycles. The second-order valence-corrected chi connectivity index (χ2v) is 8.25. The van der Waals surface area contributed by atoms with Gasteiger partial charge in [0.25, 0.3) is 5.22 Å². The van der Waals surface area contributed by atoms with Gasteiger partial charge < -0.3 is 9.15 Å². The van der Waals surface area contributed by atoms with Crippen LogP contribution in [0.4, 0.5) is 0 Å². The Labute approximate surface area is 174 Å². The Bertz CT molecular complexity index is 933. The lowest BCUT2D eigenvalue weighted by Gasteiger charge is -2.32. The van der Waals surface area contributed by atoms with Crippen molar-refractivity contribution in [2.45, 2.75) is 24.8 Å². The van der Waals surface area contributed by atoms with Gasteiger partial charge in [-0.3, -0.25) is 4.90 Å². The van der Waals surface area contributed by atoms with E-state index in [4.69, 9.17) is 20.8 Å². The Hall–Kier alpha value is -1.86. The summed E-state index contributed by atoms with van der Waals surface area (Å²) in [6.07, 6.45) is 0.121. The van der Waals surface area contributed by atoms with Gasteiger partial charge in [-0.1, -0.05) is 59.3 Å². The molecule has 1 aliphatic rings. The predicted octanol–water partition coefficient (Wildman–Crippen LogP) is 4.69. The maximum Gasteiger partial charge on any atom is 0.276 e. The van der Waals surface area contributed by atoms with Crippen molar-refractivity contribution in [2.24, 2.45) is 0 Å². The van der Waals surface area contributed by atoms with Gasteiger partial charge in [-0.25, -0.2) is 0 Å². The number of hydrogen-bond donors (Lipinski definition) is 0. The van der Waals surface area contributed by atoms with E-state index < -0.39 is 0 Å². The lowest BCUT2D eigenvalue weighted by atomic mass is 10.1. The molecule has 0 bridgehead atoms. The highest BCUT2D eigenvalue weighted by molar-refractivity contribution is 7.99. The fourth-order valence-corrected chi connectivity index (χ4v) is 4.18. The van der Waals surface area contributed by atoms with Gasteiger partial charge in [0.2, 0.25) is 5.89 Å². The second-order valence-electron chi connectivity index (χ2n) is 6.87. The molecule has 7 heteroatoms. The SMILES string of the molecule is Cc1cccc(-c2nnc(SC[C@@H]3CN(Cc4ccccc4Cl)CCO3)o2)c1. The van der Waals surface area contributed by atoms with Crippen LogP contribution in [0.2, 0.25) is 5.02 Å². The topological polar surface area (TPSA) is 51.4 Å². The van der Waals surface area contributed by atoms with E-state index >= 15 is 0 Å². The molecule has 0 aliphatic carbocycles. The van der Waals surface area contributed by atoms with Crippen LogP contribution in [-0.4, -0.2) is 46.7 Å². The Morgan fingerprint density at radius 3 is 2.93 bits per heavy atom. The Morgan fingerprint density at radius 1 is 1.18 bits per heavy atom. The Morgan fingerprint density at radius 2 is 2.07 bits per heavy atom. The van der Waals surface area contributed by atoms with Crippen LogP contribution in [0.1, 0.15) is 11.1 Å². The molecule has 1 atom stereocenters. The molecular weight excluding hydrogens is 394 g/mol. The van der Waals surface area contributed by atoms with Crippen LogP contribution in [-0.2, 0) is 11.3 Å². The van der Waals surface area contributed by atoms with Crippen molar-refractivity contribution in [3.8, 4) is 11.5 Å². The van der Waals surface area contributed by atoms with Crippen molar-refractivity contribution in [1.82, 2.24) is 15.1 Å². The van der Waals surface area contributed by atoms with Crippen LogP contribution in [0.5, 0.6) is 0 Å². The van der Waals surface area contributed by atoms with Crippen molar-refractivity contribution < 1.29 is 9.15 Å². The smallest absolute Gasteiger partial charge is 0.276 e. The number of rotatable bonds is 6. The molecule has 2 heterocycles. The van der Waals surface area contributed by atoms with Crippen LogP contribution in [0.15, 0.2) is 58.2 Å². The van der Waals surface area contributed by atoms with Crippen LogP contribution in [0, 0.1) is 6.92 Å². The number of hydrogen-bond acceptors (Lipinski definition) is 6. The highest BCUT2D eigenvalue weighted by Gasteiger charge is 2.22. The molecule has 0 spiro atoms. The molecule has 0 unspecified atom stereocenters. The van der Waals surface area contributed by atoms with Gasteiger partial charge >= 0.3 is 0 Å². The third kappa shape index (κ3) is 4.94. The molecule has 0 N–H and O–H groups in total. The number of halogens is 1. The number of benzene rings is 2. The summed E-state index contributed by atoms with van der Waals surface area (Å²) in [5.41, 5.74) is 3.26. The number of aryl methyl sites for hydroxylation is 1. The van der Waals surface area contributed by atoms with E-state index in [9.17, 15) is 0 Å². The molecule has 5 nitrogen and oxygen atoms in total. The molecule has 1 aromatic heterocycles. The van der Waals surface area contributed by atoms with Gasteiger partial charge in [-0.05, 0) is 30.7 Å². The Kier molecular flexibility index (Phi) is 6.32. The van der Waals surface area contributed by atoms with Crippen molar-refractivity contribution in [2.75, 3.05) is 25.4 Å². The van der Waals surface area contributed by atoms with Gasteiger partial charge in [-0.2, -0.15) is 0 Å². The van der Waals surface area contributed by atoms with Crippen LogP contribution in [0.3, 0.4) is 0 Å². The second kappa shape index (κ2) is 9.09. The summed E-state index contributed by atoms with van der Waals surface area (Å²) in [6, 6.07) is 16.1. The van der Waals surface area contributed by atoms with Gasteiger partial charge in [0.15, 0.2) is 0 Å². The van der Waals surface area contributed by atoms with Gasteiger partial charge in [0.1, 0.15) is 0 Å². The van der Waals surface area contributed by atoms with E-state index in [0.717, 1.165) is 41.5 Å². The molecule has 0 radical (unpaired) electrons. The van der Waals surface area contributed by atoms with E-state index in [-0.39, 0.29) is 6.10 Å². The van der Waals surface area contributed by atoms with Crippen molar-refractivity contribution in [3.05, 3.63) is 64.7 Å². The van der Waals surface area contributed by atoms with Crippen LogP contribution < -0.4 is 0 Å². The molecule has 4 rings (SSSR count). The van der Waals surface area contributed by atoms with E-state index in [1.807, 2.05) is 49.4 Å². The lowest BCUT2D eigenvalue weighted by Crippen LogP contribution is -2.43. The third-order valence-corrected chi connectivity index (χ3v) is 5.96. The molecule has 0 saturated carbocycles. The average molecular weight is 416 g/mol. The maximum absolute atomic E-state index is 6.29. The summed E-state index contributed by atoms with van der Waals surface area (Å²) in [5.74, 6) is 1.32. The number of aromatic nitrogens is 2. The molecule has 146 valence electrons. The summed E-state index contributed by atoms with van der Waals surface area (Å²) >= 11 is 7.83. The first-order chi connectivity index (χ1) is 13.7. The largest absolute Gasteiger partial charge is 0.411 e. The molecule has 1 saturated heterocycles. The molecule has 1 fully saturated rings. The van der Waals surface area contributed by atoms with Crippen LogP contribution in [0.25, 0.3) is 11.5 Å². The number of ether oxygens (including phenoxy) is 1. The van der Waals surface area contributed by atoms with Crippen molar-refractivity contribution >= 4 is 23.4 Å². The summed E-state index contributed by atoms with van der Waals surface area (Å²) in [6.45, 7) is 5.36. The first-order valence-electron chi connectivity index (χ1n) is 9.28. The highest BCUT2D eigenvalue weighted by atomic mass is 35.5. The fraction of sp³-hybridized carbons (Fsp3) is 0.333. The zero-order valence-corrected chi connectivity index (χ0v) is 17.2. The predicted molar refractivity (Wildman–Crippen MR) is 112 cm³/mol. The molecule has 0 amide bonds. The summed E-state index contributed by atoms with van der Waals surface area (Å²) in [7, 11) is 0. The lowest BCUT2D eigenvalue weighted by molar-refractivity contribution is -0.0187. The quantitative estimate of drug-likeness (QED) is 0.544. The van der Waals surface area contributed by atoms with Gasteiger partial charge in [0, 0.05) is 36.0 Å². The van der Waals surface area contributed by atoms with Gasteiger partial charge in [0.05, 0.1) is 12.7 Å². The number of nitrogens with zero attached hydrogens (tertiary/aromatic N) is 3. The minimum atomic E-state index is 0.121. The third-order valence-electron chi connectivity index (χ3n) is 4.64. The van der Waals surface area contributed by atoms with E-state index in [1.54, 1.807) is 11.8 Å². The van der Waals surface area contributed by atoms with Crippen LogP contribution >= 0.6 is 23.4 Å². The molecular formula is C21H22ClN3O2S. The zero-order valence-electron chi connectivity index (χ0n) is 15.7. The normalized spacial score (nSPS) is 17.7. The highest BCUT2D eigenvalue weighted by Crippen LogP contribution is 2.26.